The van der Waals surface area contributed by atoms with Crippen molar-refractivity contribution in [2.45, 2.75) is 32.4 Å². The van der Waals surface area contributed by atoms with E-state index in [9.17, 15) is 4.79 Å². The fourth-order valence-electron chi connectivity index (χ4n) is 2.27. The zero-order chi connectivity index (χ0) is 13.0. The summed E-state index contributed by atoms with van der Waals surface area (Å²) in [4.78, 5) is 13.7. The van der Waals surface area contributed by atoms with Gasteiger partial charge < -0.3 is 5.32 Å². The summed E-state index contributed by atoms with van der Waals surface area (Å²) in [5.41, 5.74) is 1.32. The molecule has 2 rings (SSSR count). The van der Waals surface area contributed by atoms with E-state index in [1.54, 1.807) is 0 Å². The minimum Gasteiger partial charge on any atom is -0.352 e. The smallest absolute Gasteiger partial charge is 0.219 e. The molecule has 1 aromatic rings. The third kappa shape index (κ3) is 3.82. The third-order valence-electron chi connectivity index (χ3n) is 3.28. The van der Waals surface area contributed by atoms with Crippen LogP contribution in [0, 0.1) is 0 Å². The maximum Gasteiger partial charge on any atom is 0.219 e. The lowest BCUT2D eigenvalue weighted by atomic mass is 10.2. The predicted molar refractivity (Wildman–Crippen MR) is 76.3 cm³/mol. The van der Waals surface area contributed by atoms with Crippen molar-refractivity contribution in [3.63, 3.8) is 0 Å². The van der Waals surface area contributed by atoms with Gasteiger partial charge >= 0.3 is 0 Å². The SMILES string of the molecule is CCC(=O)NC1CCN(Cc2ccc(Br)cc2)C1. The quantitative estimate of drug-likeness (QED) is 0.927. The first-order valence-corrected chi connectivity index (χ1v) is 7.23. The Morgan fingerprint density at radius 1 is 1.44 bits per heavy atom. The molecule has 0 aromatic heterocycles. The van der Waals surface area contributed by atoms with Gasteiger partial charge in [-0.15, -0.1) is 0 Å². The highest BCUT2D eigenvalue weighted by atomic mass is 79.9. The first-order valence-electron chi connectivity index (χ1n) is 6.43. The van der Waals surface area contributed by atoms with Crippen molar-refractivity contribution in [3.05, 3.63) is 34.3 Å². The first kappa shape index (κ1) is 13.6. The van der Waals surface area contributed by atoms with Gasteiger partial charge in [-0.2, -0.15) is 0 Å². The Morgan fingerprint density at radius 3 is 2.83 bits per heavy atom. The van der Waals surface area contributed by atoms with Crippen LogP contribution in [0.3, 0.4) is 0 Å². The summed E-state index contributed by atoms with van der Waals surface area (Å²) < 4.78 is 1.11. The molecule has 1 aliphatic heterocycles. The highest BCUT2D eigenvalue weighted by Gasteiger charge is 2.23. The molecular weight excluding hydrogens is 292 g/mol. The summed E-state index contributed by atoms with van der Waals surface area (Å²) in [7, 11) is 0. The van der Waals surface area contributed by atoms with E-state index in [2.05, 4.69) is 50.4 Å². The molecule has 4 heteroatoms. The van der Waals surface area contributed by atoms with Crippen molar-refractivity contribution in [1.82, 2.24) is 10.2 Å². The van der Waals surface area contributed by atoms with Crippen LogP contribution in [-0.2, 0) is 11.3 Å². The van der Waals surface area contributed by atoms with Crippen LogP contribution < -0.4 is 5.32 Å². The van der Waals surface area contributed by atoms with E-state index < -0.39 is 0 Å². The van der Waals surface area contributed by atoms with E-state index in [1.807, 2.05) is 6.92 Å². The van der Waals surface area contributed by atoms with Gasteiger partial charge in [0, 0.05) is 36.6 Å². The lowest BCUT2D eigenvalue weighted by Gasteiger charge is -2.16. The van der Waals surface area contributed by atoms with Gasteiger partial charge in [0.05, 0.1) is 0 Å². The molecule has 0 saturated carbocycles. The van der Waals surface area contributed by atoms with Gasteiger partial charge in [-0.1, -0.05) is 35.0 Å². The fraction of sp³-hybridized carbons (Fsp3) is 0.500. The van der Waals surface area contributed by atoms with Crippen LogP contribution in [0.1, 0.15) is 25.3 Å². The standard InChI is InChI=1S/C14H19BrN2O/c1-2-14(18)16-13-7-8-17(10-13)9-11-3-5-12(15)6-4-11/h3-6,13H,2,7-10H2,1H3,(H,16,18). The van der Waals surface area contributed by atoms with Gasteiger partial charge in [-0.3, -0.25) is 9.69 Å². The molecule has 0 radical (unpaired) electrons. The van der Waals surface area contributed by atoms with E-state index in [0.717, 1.165) is 30.5 Å². The largest absolute Gasteiger partial charge is 0.352 e. The second-order valence-electron chi connectivity index (χ2n) is 4.77. The average molecular weight is 311 g/mol. The number of halogens is 1. The van der Waals surface area contributed by atoms with Crippen molar-refractivity contribution < 1.29 is 4.79 Å². The van der Waals surface area contributed by atoms with Crippen molar-refractivity contribution in [2.24, 2.45) is 0 Å². The molecule has 3 nitrogen and oxygen atoms in total. The van der Waals surface area contributed by atoms with Gasteiger partial charge in [0.15, 0.2) is 0 Å². The van der Waals surface area contributed by atoms with Crippen molar-refractivity contribution >= 4 is 21.8 Å². The van der Waals surface area contributed by atoms with E-state index in [0.29, 0.717) is 12.5 Å². The lowest BCUT2D eigenvalue weighted by Crippen LogP contribution is -2.36. The van der Waals surface area contributed by atoms with Gasteiger partial charge in [0.2, 0.25) is 5.91 Å². The molecule has 1 aromatic carbocycles. The van der Waals surface area contributed by atoms with Crippen LogP contribution >= 0.6 is 15.9 Å². The Hall–Kier alpha value is -0.870. The Labute approximate surface area is 117 Å². The fourth-order valence-corrected chi connectivity index (χ4v) is 2.54. The highest BCUT2D eigenvalue weighted by Crippen LogP contribution is 2.16. The molecule has 0 aliphatic carbocycles. The minimum absolute atomic E-state index is 0.158. The van der Waals surface area contributed by atoms with Crippen LogP contribution in [0.5, 0.6) is 0 Å². The Balaban J connectivity index is 1.82. The Bertz CT molecular complexity index is 405. The summed E-state index contributed by atoms with van der Waals surface area (Å²) in [6, 6.07) is 8.75. The summed E-state index contributed by atoms with van der Waals surface area (Å²) in [5, 5.41) is 3.07. The minimum atomic E-state index is 0.158. The number of nitrogens with zero attached hydrogens (tertiary/aromatic N) is 1. The van der Waals surface area contributed by atoms with Gasteiger partial charge in [-0.25, -0.2) is 0 Å². The monoisotopic (exact) mass is 310 g/mol. The van der Waals surface area contributed by atoms with Crippen LogP contribution in [0.4, 0.5) is 0 Å². The number of likely N-dealkylation sites (tertiary alicyclic amines) is 1. The molecule has 1 fully saturated rings. The summed E-state index contributed by atoms with van der Waals surface area (Å²) in [5.74, 6) is 0.158. The summed E-state index contributed by atoms with van der Waals surface area (Å²) in [6.45, 7) is 4.88. The number of hydrogen-bond acceptors (Lipinski definition) is 2. The van der Waals surface area contributed by atoms with Crippen LogP contribution in [0.15, 0.2) is 28.7 Å². The van der Waals surface area contributed by atoms with Crippen molar-refractivity contribution in [3.8, 4) is 0 Å². The molecule has 0 bridgehead atoms. The van der Waals surface area contributed by atoms with E-state index in [4.69, 9.17) is 0 Å². The number of carbonyl (C=O) groups is 1. The zero-order valence-electron chi connectivity index (χ0n) is 10.7. The molecular formula is C14H19BrN2O. The van der Waals surface area contributed by atoms with E-state index in [1.165, 1.54) is 5.56 Å². The number of hydrogen-bond donors (Lipinski definition) is 1. The van der Waals surface area contributed by atoms with E-state index in [-0.39, 0.29) is 5.91 Å². The maximum atomic E-state index is 11.3. The normalized spacial score (nSPS) is 20.0. The molecule has 98 valence electrons. The van der Waals surface area contributed by atoms with Crippen molar-refractivity contribution in [2.75, 3.05) is 13.1 Å². The number of benzene rings is 1. The van der Waals surface area contributed by atoms with Crippen LogP contribution in [0.25, 0.3) is 0 Å². The molecule has 0 spiro atoms. The van der Waals surface area contributed by atoms with Crippen LogP contribution in [-0.4, -0.2) is 29.9 Å². The summed E-state index contributed by atoms with van der Waals surface area (Å²) in [6.07, 6.45) is 1.63. The molecule has 1 N–H and O–H groups in total. The molecule has 1 aliphatic rings. The number of amides is 1. The summed E-state index contributed by atoms with van der Waals surface area (Å²) >= 11 is 3.44. The molecule has 1 saturated heterocycles. The molecule has 1 atom stereocenters. The van der Waals surface area contributed by atoms with Crippen molar-refractivity contribution in [1.29, 1.82) is 0 Å². The maximum absolute atomic E-state index is 11.3. The van der Waals surface area contributed by atoms with Gasteiger partial charge in [0.1, 0.15) is 0 Å². The first-order chi connectivity index (χ1) is 8.67. The highest BCUT2D eigenvalue weighted by molar-refractivity contribution is 9.10. The molecule has 18 heavy (non-hydrogen) atoms. The van der Waals surface area contributed by atoms with Gasteiger partial charge in [0.25, 0.3) is 0 Å². The second kappa shape index (κ2) is 6.34. The van der Waals surface area contributed by atoms with Crippen LogP contribution in [0.2, 0.25) is 0 Å². The number of nitrogens with one attached hydrogen (secondary N) is 1. The Morgan fingerprint density at radius 2 is 2.17 bits per heavy atom. The third-order valence-corrected chi connectivity index (χ3v) is 3.81. The number of carbonyl (C=O) groups excluding carboxylic acids is 1. The van der Waals surface area contributed by atoms with E-state index >= 15 is 0 Å². The second-order valence-corrected chi connectivity index (χ2v) is 5.68. The molecule has 1 amide bonds. The Kier molecular flexibility index (Phi) is 4.78. The predicted octanol–water partition coefficient (Wildman–Crippen LogP) is 2.55. The molecule has 1 heterocycles. The average Bonchev–Trinajstić information content (AvgIpc) is 2.79. The van der Waals surface area contributed by atoms with Gasteiger partial charge in [-0.05, 0) is 24.1 Å². The topological polar surface area (TPSA) is 32.3 Å². The number of rotatable bonds is 4. The zero-order valence-corrected chi connectivity index (χ0v) is 12.2. The molecule has 1 unspecified atom stereocenters. The lowest BCUT2D eigenvalue weighted by molar-refractivity contribution is -0.121.